The van der Waals surface area contributed by atoms with Gasteiger partial charge in [0, 0.05) is 56.0 Å². The predicted molar refractivity (Wildman–Crippen MR) is 286 cm³/mol. The van der Waals surface area contributed by atoms with Crippen molar-refractivity contribution < 1.29 is 8.83 Å². The molecule has 0 unspecified atom stereocenters. The Morgan fingerprint density at radius 1 is 0.441 bits per heavy atom. The number of benzene rings is 7. The number of fused-ring (bicyclic) bond motifs is 10. The van der Waals surface area contributed by atoms with Gasteiger partial charge >= 0.3 is 0 Å². The van der Waals surface area contributed by atoms with Crippen LogP contribution in [0.4, 0.5) is 34.1 Å². The van der Waals surface area contributed by atoms with Gasteiger partial charge in [0.1, 0.15) is 22.7 Å². The van der Waals surface area contributed by atoms with Crippen molar-refractivity contribution >= 4 is 79.2 Å². The lowest BCUT2D eigenvalue weighted by Gasteiger charge is -2.51. The van der Waals surface area contributed by atoms with E-state index < -0.39 is 0 Å². The maximum atomic E-state index is 6.42. The van der Waals surface area contributed by atoms with Gasteiger partial charge in [0.15, 0.2) is 0 Å². The third kappa shape index (κ3) is 6.00. The van der Waals surface area contributed by atoms with Crippen LogP contribution in [0.5, 0.6) is 0 Å². The fraction of sp³-hybridized carbons (Fsp3) is 0.270. The third-order valence-electron chi connectivity index (χ3n) is 16.8. The molecule has 4 heterocycles. The molecule has 0 bridgehead atoms. The maximum absolute atomic E-state index is 6.42. The van der Waals surface area contributed by atoms with Gasteiger partial charge < -0.3 is 18.6 Å². The zero-order chi connectivity index (χ0) is 46.6. The summed E-state index contributed by atoms with van der Waals surface area (Å²) >= 11 is 0. The first-order chi connectivity index (χ1) is 32.6. The number of nitrogens with zero attached hydrogens (tertiary/aromatic N) is 2. The lowest BCUT2D eigenvalue weighted by molar-refractivity contribution is 0.332. The molecule has 7 aromatic carbocycles. The highest BCUT2D eigenvalue weighted by molar-refractivity contribution is 7.00. The normalized spacial score (nSPS) is 17.9. The Bertz CT molecular complexity index is 3250. The van der Waals surface area contributed by atoms with Crippen LogP contribution in [0.15, 0.2) is 154 Å². The monoisotopic (exact) mass is 886 g/mol. The summed E-state index contributed by atoms with van der Waals surface area (Å²) in [6.45, 7) is 22.1. The number of anilines is 6. The van der Waals surface area contributed by atoms with Gasteiger partial charge in [0.05, 0.1) is 0 Å². The molecule has 13 rings (SSSR count). The molecule has 0 amide bonds. The van der Waals surface area contributed by atoms with Crippen molar-refractivity contribution in [3.8, 4) is 22.6 Å². The van der Waals surface area contributed by atoms with E-state index in [0.29, 0.717) is 0 Å². The highest BCUT2D eigenvalue weighted by Gasteiger charge is 2.51. The topological polar surface area (TPSA) is 32.8 Å². The smallest absolute Gasteiger partial charge is 0.252 e. The average Bonchev–Trinajstić information content (AvgIpc) is 3.97. The van der Waals surface area contributed by atoms with E-state index in [0.717, 1.165) is 81.6 Å². The van der Waals surface area contributed by atoms with E-state index >= 15 is 0 Å². The fourth-order valence-electron chi connectivity index (χ4n) is 12.9. The molecule has 0 saturated carbocycles. The predicted octanol–water partition coefficient (Wildman–Crippen LogP) is 15.6. The molecule has 0 spiro atoms. The van der Waals surface area contributed by atoms with Crippen LogP contribution in [-0.2, 0) is 21.7 Å². The summed E-state index contributed by atoms with van der Waals surface area (Å²) in [7, 11) is 0. The van der Waals surface area contributed by atoms with Crippen molar-refractivity contribution in [2.45, 2.75) is 110 Å². The SMILES string of the molecule is Cc1cc2c3c(c1)N(c1ccc(-c4cc5ccccc5o4)cc1)c1c(ccc4c1C(C)(C)CCC4(C)C)B3c1ccc3c(c1N2c1ccc(-c2cc4ccccc4o2)cc1)C(C)(C)CCC3(C)C. The van der Waals surface area contributed by atoms with Crippen molar-refractivity contribution in [1.29, 1.82) is 0 Å². The van der Waals surface area contributed by atoms with Crippen LogP contribution in [0.1, 0.15) is 109 Å². The van der Waals surface area contributed by atoms with Crippen LogP contribution >= 0.6 is 0 Å². The molecular formula is C63H59BN2O2. The van der Waals surface area contributed by atoms with Gasteiger partial charge in [-0.05, 0) is 183 Å². The summed E-state index contributed by atoms with van der Waals surface area (Å²) in [4.78, 5) is 5.31. The number of hydrogen-bond acceptors (Lipinski definition) is 4. The Kier molecular flexibility index (Phi) is 8.64. The van der Waals surface area contributed by atoms with Crippen molar-refractivity contribution in [2.75, 3.05) is 9.80 Å². The van der Waals surface area contributed by atoms with Gasteiger partial charge in [0.25, 0.3) is 6.71 Å². The quantitative estimate of drug-likeness (QED) is 0.165. The van der Waals surface area contributed by atoms with Crippen molar-refractivity contribution in [3.63, 3.8) is 0 Å². The molecule has 0 N–H and O–H groups in total. The number of aryl methyl sites for hydroxylation is 1. The summed E-state index contributed by atoms with van der Waals surface area (Å²) < 4.78 is 12.8. The highest BCUT2D eigenvalue weighted by Crippen LogP contribution is 2.56. The lowest BCUT2D eigenvalue weighted by Crippen LogP contribution is -2.62. The summed E-state index contributed by atoms with van der Waals surface area (Å²) in [5, 5.41) is 2.24. The molecule has 0 radical (unpaired) electrons. The summed E-state index contributed by atoms with van der Waals surface area (Å²) in [5.74, 6) is 1.77. The largest absolute Gasteiger partial charge is 0.456 e. The van der Waals surface area contributed by atoms with E-state index in [4.69, 9.17) is 8.83 Å². The van der Waals surface area contributed by atoms with Crippen LogP contribution in [0.3, 0.4) is 0 Å². The van der Waals surface area contributed by atoms with Crippen LogP contribution in [0.2, 0.25) is 0 Å². The average molecular weight is 887 g/mol. The first-order valence-corrected chi connectivity index (χ1v) is 24.9. The first kappa shape index (κ1) is 41.5. The minimum atomic E-state index is -0.0419. The van der Waals surface area contributed by atoms with Gasteiger partial charge in [-0.15, -0.1) is 0 Å². The summed E-state index contributed by atoms with van der Waals surface area (Å²) in [6.07, 6.45) is 4.57. The standard InChI is InChI=1S/C63H59BN2O2/c1-38-34-49-57-50(35-38)66(44-24-20-40(21-25-44)54-37-42-15-11-13-17-52(42)68-54)59-48(29-27-46-56(59)63(8,9)33-31-61(46,4)5)64(57)47-28-26-45-55(62(6,7)32-30-60(45,2)3)58(47)65(49)43-22-18-39(19-23-43)53-36-41-14-10-12-16-51(41)67-53/h10-29,34-37H,30-33H2,1-9H3. The second-order valence-corrected chi connectivity index (χ2v) is 23.1. The molecule has 0 fully saturated rings. The zero-order valence-electron chi connectivity index (χ0n) is 41.0. The van der Waals surface area contributed by atoms with Gasteiger partial charge in [-0.1, -0.05) is 116 Å². The molecule has 4 nitrogen and oxygen atoms in total. The molecule has 2 aliphatic heterocycles. The van der Waals surface area contributed by atoms with Crippen LogP contribution in [0, 0.1) is 6.92 Å². The van der Waals surface area contributed by atoms with E-state index in [2.05, 4.69) is 206 Å². The minimum Gasteiger partial charge on any atom is -0.456 e. The van der Waals surface area contributed by atoms with Crippen LogP contribution < -0.4 is 26.2 Å². The summed E-state index contributed by atoms with van der Waals surface area (Å²) in [5.41, 5.74) is 22.8. The Labute approximate surface area is 401 Å². The van der Waals surface area contributed by atoms with Crippen molar-refractivity contribution in [1.82, 2.24) is 0 Å². The van der Waals surface area contributed by atoms with E-state index in [1.54, 1.807) is 0 Å². The highest BCUT2D eigenvalue weighted by atomic mass is 16.3. The number of hydrogen-bond donors (Lipinski definition) is 0. The molecule has 0 saturated heterocycles. The fourth-order valence-corrected chi connectivity index (χ4v) is 12.9. The zero-order valence-corrected chi connectivity index (χ0v) is 41.0. The van der Waals surface area contributed by atoms with E-state index in [1.165, 1.54) is 67.0 Å². The van der Waals surface area contributed by atoms with E-state index in [9.17, 15) is 0 Å². The second-order valence-electron chi connectivity index (χ2n) is 23.1. The van der Waals surface area contributed by atoms with Gasteiger partial charge in [-0.3, -0.25) is 0 Å². The lowest BCUT2D eigenvalue weighted by atomic mass is 9.32. The van der Waals surface area contributed by atoms with Crippen LogP contribution in [-0.4, -0.2) is 6.71 Å². The van der Waals surface area contributed by atoms with E-state index in [-0.39, 0.29) is 28.4 Å². The number of rotatable bonds is 4. The number of para-hydroxylation sites is 2. The van der Waals surface area contributed by atoms with Crippen molar-refractivity contribution in [3.05, 3.63) is 173 Å². The first-order valence-electron chi connectivity index (χ1n) is 24.9. The van der Waals surface area contributed by atoms with E-state index in [1.807, 2.05) is 12.1 Å². The molecular weight excluding hydrogens is 828 g/mol. The van der Waals surface area contributed by atoms with Gasteiger partial charge in [-0.25, -0.2) is 0 Å². The molecule has 2 aromatic heterocycles. The molecule has 4 aliphatic rings. The summed E-state index contributed by atoms with van der Waals surface area (Å²) in [6, 6.07) is 54.3. The Morgan fingerprint density at radius 2 is 0.838 bits per heavy atom. The Hall–Kier alpha value is -6.72. The molecule has 5 heteroatoms. The van der Waals surface area contributed by atoms with Gasteiger partial charge in [0.2, 0.25) is 0 Å². The Morgan fingerprint density at radius 3 is 1.25 bits per heavy atom. The second kappa shape index (κ2) is 14.2. The molecule has 2 aliphatic carbocycles. The molecule has 68 heavy (non-hydrogen) atoms. The third-order valence-corrected chi connectivity index (χ3v) is 16.8. The van der Waals surface area contributed by atoms with Crippen LogP contribution in [0.25, 0.3) is 44.6 Å². The molecule has 9 aromatic rings. The molecule has 336 valence electrons. The minimum absolute atomic E-state index is 0.0278. The Balaban J connectivity index is 1.09. The molecule has 0 atom stereocenters. The van der Waals surface area contributed by atoms with Gasteiger partial charge in [-0.2, -0.15) is 0 Å². The van der Waals surface area contributed by atoms with Crippen molar-refractivity contribution in [2.24, 2.45) is 0 Å². The number of furan rings is 2. The maximum Gasteiger partial charge on any atom is 0.252 e.